The highest BCUT2D eigenvalue weighted by atomic mass is 32.2. The molecule has 0 radical (unpaired) electrons. The number of sulfonamides is 1. The molecule has 0 fully saturated rings. The van der Waals surface area contributed by atoms with Gasteiger partial charge in [0.25, 0.3) is 10.0 Å². The van der Waals surface area contributed by atoms with Gasteiger partial charge in [0, 0.05) is 17.8 Å². The zero-order chi connectivity index (χ0) is 22.8. The minimum absolute atomic E-state index is 0.191. The van der Waals surface area contributed by atoms with Crippen LogP contribution in [0.2, 0.25) is 0 Å². The van der Waals surface area contributed by atoms with Crippen LogP contribution in [0.5, 0.6) is 17.2 Å². The molecule has 1 amide bonds. The fraction of sp³-hybridized carbons (Fsp3) is 0.222. The van der Waals surface area contributed by atoms with Crippen molar-refractivity contribution < 1.29 is 35.8 Å². The zero-order valence-corrected chi connectivity index (χ0v) is 18.3. The van der Waals surface area contributed by atoms with E-state index in [1.165, 1.54) is 45.6 Å². The van der Waals surface area contributed by atoms with Crippen LogP contribution in [0.25, 0.3) is 0 Å². The SMILES string of the molecule is COc1cc(NC(=O)CS(=O)(=O)c2ccc3c(c2)S(=O)(=O)N=CN3)cc(OC)c1OC. The van der Waals surface area contributed by atoms with Crippen LogP contribution >= 0.6 is 0 Å². The van der Waals surface area contributed by atoms with Crippen molar-refractivity contribution in [3.8, 4) is 17.2 Å². The molecule has 1 heterocycles. The number of carbonyl (C=O) groups excluding carboxylic acids is 1. The van der Waals surface area contributed by atoms with E-state index in [0.29, 0.717) is 5.75 Å². The minimum Gasteiger partial charge on any atom is -0.493 e. The number of fused-ring (bicyclic) bond motifs is 1. The molecule has 0 atom stereocenters. The number of carbonyl (C=O) groups is 1. The van der Waals surface area contributed by atoms with E-state index >= 15 is 0 Å². The van der Waals surface area contributed by atoms with Crippen molar-refractivity contribution in [2.45, 2.75) is 9.79 Å². The number of hydrogen-bond acceptors (Lipinski definition) is 9. The van der Waals surface area contributed by atoms with Gasteiger partial charge in [-0.15, -0.1) is 4.40 Å². The van der Waals surface area contributed by atoms with E-state index in [4.69, 9.17) is 14.2 Å². The first-order valence-electron chi connectivity index (χ1n) is 8.63. The molecule has 166 valence electrons. The average molecular weight is 469 g/mol. The molecule has 1 aliphatic rings. The van der Waals surface area contributed by atoms with Gasteiger partial charge in [0.15, 0.2) is 21.3 Å². The van der Waals surface area contributed by atoms with E-state index in [-0.39, 0.29) is 32.7 Å². The third kappa shape index (κ3) is 4.56. The van der Waals surface area contributed by atoms with Crippen LogP contribution in [0.1, 0.15) is 0 Å². The number of ether oxygens (including phenoxy) is 3. The summed E-state index contributed by atoms with van der Waals surface area (Å²) < 4.78 is 68.4. The van der Waals surface area contributed by atoms with E-state index in [1.54, 1.807) is 0 Å². The molecule has 0 unspecified atom stereocenters. The van der Waals surface area contributed by atoms with Crippen LogP contribution in [-0.4, -0.2) is 56.2 Å². The molecule has 0 saturated carbocycles. The van der Waals surface area contributed by atoms with Crippen LogP contribution in [0.4, 0.5) is 11.4 Å². The van der Waals surface area contributed by atoms with Crippen molar-refractivity contribution in [3.05, 3.63) is 30.3 Å². The molecule has 3 rings (SSSR count). The second-order valence-electron chi connectivity index (χ2n) is 6.23. The molecule has 31 heavy (non-hydrogen) atoms. The Kier molecular flexibility index (Phi) is 6.08. The maximum absolute atomic E-state index is 12.7. The lowest BCUT2D eigenvalue weighted by molar-refractivity contribution is -0.113. The van der Waals surface area contributed by atoms with Gasteiger partial charge in [0.1, 0.15) is 17.0 Å². The van der Waals surface area contributed by atoms with Crippen molar-refractivity contribution in [1.82, 2.24) is 0 Å². The van der Waals surface area contributed by atoms with Crippen molar-refractivity contribution in [2.75, 3.05) is 37.7 Å². The van der Waals surface area contributed by atoms with Gasteiger partial charge < -0.3 is 24.8 Å². The minimum atomic E-state index is -4.15. The van der Waals surface area contributed by atoms with Crippen molar-refractivity contribution in [3.63, 3.8) is 0 Å². The van der Waals surface area contributed by atoms with Crippen LogP contribution in [0.15, 0.2) is 44.5 Å². The summed E-state index contributed by atoms with van der Waals surface area (Å²) in [4.78, 5) is 11.8. The maximum atomic E-state index is 12.7. The van der Waals surface area contributed by atoms with E-state index in [1.807, 2.05) is 0 Å². The lowest BCUT2D eigenvalue weighted by Crippen LogP contribution is -2.23. The van der Waals surface area contributed by atoms with Crippen molar-refractivity contribution >= 4 is 43.5 Å². The number of rotatable bonds is 7. The number of benzene rings is 2. The fourth-order valence-corrected chi connectivity index (χ4v) is 5.07. The molecule has 2 aromatic carbocycles. The first-order chi connectivity index (χ1) is 14.6. The van der Waals surface area contributed by atoms with Gasteiger partial charge >= 0.3 is 0 Å². The van der Waals surface area contributed by atoms with Gasteiger partial charge in [-0.05, 0) is 18.2 Å². The molecule has 0 bridgehead atoms. The molecule has 2 aromatic rings. The van der Waals surface area contributed by atoms with Crippen LogP contribution < -0.4 is 24.8 Å². The topological polar surface area (TPSA) is 149 Å². The van der Waals surface area contributed by atoms with Gasteiger partial charge in [-0.1, -0.05) is 0 Å². The van der Waals surface area contributed by atoms with E-state index < -0.39 is 31.5 Å². The normalized spacial score (nSPS) is 14.2. The second kappa shape index (κ2) is 8.43. The zero-order valence-electron chi connectivity index (χ0n) is 16.7. The number of anilines is 2. The monoisotopic (exact) mass is 469 g/mol. The standard InChI is InChI=1S/C18H19N3O8S2/c1-27-14-6-11(7-15(28-2)18(14)29-3)21-17(22)9-30(23,24)12-4-5-13-16(8-12)31(25,26)20-10-19-13/h4-8,10H,9H2,1-3H3,(H,19,20)(H,21,22). The number of nitrogens with one attached hydrogen (secondary N) is 2. The molecule has 11 nitrogen and oxygen atoms in total. The highest BCUT2D eigenvalue weighted by Crippen LogP contribution is 2.40. The summed E-state index contributed by atoms with van der Waals surface area (Å²) in [5, 5.41) is 5.08. The molecule has 0 spiro atoms. The van der Waals surface area contributed by atoms with Gasteiger partial charge in [-0.2, -0.15) is 8.42 Å². The summed E-state index contributed by atoms with van der Waals surface area (Å²) in [5.74, 6) is -0.909. The number of amides is 1. The van der Waals surface area contributed by atoms with Crippen LogP contribution in [0.3, 0.4) is 0 Å². The Morgan fingerprint density at radius 3 is 2.29 bits per heavy atom. The van der Waals surface area contributed by atoms with E-state index in [2.05, 4.69) is 15.0 Å². The van der Waals surface area contributed by atoms with Gasteiger partial charge in [0.05, 0.1) is 31.9 Å². The molecule has 2 N–H and O–H groups in total. The molecular weight excluding hydrogens is 450 g/mol. The summed E-state index contributed by atoms with van der Waals surface area (Å²) >= 11 is 0. The first-order valence-corrected chi connectivity index (χ1v) is 11.7. The summed E-state index contributed by atoms with van der Waals surface area (Å²) in [6.07, 6.45) is 0.997. The maximum Gasteiger partial charge on any atom is 0.285 e. The fourth-order valence-electron chi connectivity index (χ4n) is 2.86. The van der Waals surface area contributed by atoms with Crippen LogP contribution in [-0.2, 0) is 24.7 Å². The highest BCUT2D eigenvalue weighted by Gasteiger charge is 2.26. The molecule has 1 aliphatic heterocycles. The Morgan fingerprint density at radius 1 is 1.06 bits per heavy atom. The average Bonchev–Trinajstić information content (AvgIpc) is 2.72. The largest absolute Gasteiger partial charge is 0.493 e. The van der Waals surface area contributed by atoms with Gasteiger partial charge in [-0.3, -0.25) is 4.79 Å². The Bertz CT molecular complexity index is 1250. The Morgan fingerprint density at radius 2 is 1.71 bits per heavy atom. The van der Waals surface area contributed by atoms with Crippen LogP contribution in [0, 0.1) is 0 Å². The molecule has 0 aliphatic carbocycles. The third-order valence-corrected chi connectivity index (χ3v) is 7.16. The number of nitrogens with zero attached hydrogens (tertiary/aromatic N) is 1. The Hall–Kier alpha value is -3.32. The van der Waals surface area contributed by atoms with E-state index in [9.17, 15) is 21.6 Å². The molecule has 0 saturated heterocycles. The number of hydrogen-bond donors (Lipinski definition) is 2. The molecule has 0 aromatic heterocycles. The van der Waals surface area contributed by atoms with E-state index in [0.717, 1.165) is 12.4 Å². The second-order valence-corrected chi connectivity index (χ2v) is 9.82. The Labute approximate surface area is 179 Å². The van der Waals surface area contributed by atoms with Crippen molar-refractivity contribution in [2.24, 2.45) is 4.40 Å². The third-order valence-electron chi connectivity index (χ3n) is 4.27. The quantitative estimate of drug-likeness (QED) is 0.611. The molecule has 13 heteroatoms. The highest BCUT2D eigenvalue weighted by molar-refractivity contribution is 7.92. The predicted octanol–water partition coefficient (Wildman–Crippen LogP) is 1.27. The van der Waals surface area contributed by atoms with Gasteiger partial charge in [0.2, 0.25) is 11.7 Å². The molecular formula is C18H19N3O8S2. The first kappa shape index (κ1) is 22.4. The lowest BCUT2D eigenvalue weighted by atomic mass is 10.2. The summed E-state index contributed by atoms with van der Waals surface area (Å²) in [6, 6.07) is 6.36. The summed E-state index contributed by atoms with van der Waals surface area (Å²) in [6.45, 7) is 0. The summed E-state index contributed by atoms with van der Waals surface area (Å²) in [5.41, 5.74) is 0.414. The lowest BCUT2D eigenvalue weighted by Gasteiger charge is -2.15. The van der Waals surface area contributed by atoms with Crippen molar-refractivity contribution in [1.29, 1.82) is 0 Å². The van der Waals surface area contributed by atoms with Gasteiger partial charge in [-0.25, -0.2) is 8.42 Å². The predicted molar refractivity (Wildman–Crippen MR) is 113 cm³/mol. The summed E-state index contributed by atoms with van der Waals surface area (Å²) in [7, 11) is -3.95. The number of methoxy groups -OCH3 is 3. The number of sulfone groups is 1. The Balaban J connectivity index is 1.84. The smallest absolute Gasteiger partial charge is 0.285 e.